The van der Waals surface area contributed by atoms with E-state index in [0.717, 1.165) is 25.8 Å². The van der Waals surface area contributed by atoms with Gasteiger partial charge >= 0.3 is 0 Å². The Kier molecular flexibility index (Phi) is 4.67. The number of carbonyl (C=O) groups is 1. The first kappa shape index (κ1) is 14.9. The molecule has 1 aliphatic heterocycles. The van der Waals surface area contributed by atoms with E-state index in [-0.39, 0.29) is 22.8 Å². The number of likely N-dealkylation sites (tertiary alicyclic amines) is 1. The number of hydrogen-bond donors (Lipinski definition) is 2. The highest BCUT2D eigenvalue weighted by molar-refractivity contribution is 7.80. The highest BCUT2D eigenvalue weighted by atomic mass is 32.1. The van der Waals surface area contributed by atoms with Crippen molar-refractivity contribution in [2.45, 2.75) is 31.8 Å². The zero-order chi connectivity index (χ0) is 14.7. The number of amides is 1. The second-order valence-electron chi connectivity index (χ2n) is 5.05. The van der Waals surface area contributed by atoms with Gasteiger partial charge in [0.1, 0.15) is 10.8 Å². The molecule has 1 aromatic carbocycles. The van der Waals surface area contributed by atoms with E-state index >= 15 is 0 Å². The van der Waals surface area contributed by atoms with Crippen LogP contribution in [0.2, 0.25) is 0 Å². The first-order valence-corrected chi connectivity index (χ1v) is 7.01. The van der Waals surface area contributed by atoms with E-state index in [9.17, 15) is 9.18 Å². The lowest BCUT2D eigenvalue weighted by Gasteiger charge is -2.33. The summed E-state index contributed by atoms with van der Waals surface area (Å²) in [4.78, 5) is 13.6. The highest BCUT2D eigenvalue weighted by Crippen LogP contribution is 2.21. The Labute approximate surface area is 122 Å². The smallest absolute Gasteiger partial charge is 0.234 e. The second kappa shape index (κ2) is 6.28. The van der Waals surface area contributed by atoms with Crippen molar-refractivity contribution in [1.82, 2.24) is 4.90 Å². The lowest BCUT2D eigenvalue weighted by Crippen LogP contribution is -2.47. The van der Waals surface area contributed by atoms with Crippen LogP contribution in [0.1, 0.15) is 30.4 Å². The summed E-state index contributed by atoms with van der Waals surface area (Å²) in [6.07, 6.45) is 2.69. The van der Waals surface area contributed by atoms with Crippen LogP contribution in [0.4, 0.5) is 4.39 Å². The third-order valence-electron chi connectivity index (χ3n) is 3.65. The van der Waals surface area contributed by atoms with Crippen molar-refractivity contribution in [2.75, 3.05) is 6.54 Å². The van der Waals surface area contributed by atoms with E-state index in [1.54, 1.807) is 12.1 Å². The number of carbonyl (C=O) groups excluding carboxylic acids is 1. The molecule has 1 aliphatic rings. The normalized spacial score (nSPS) is 19.8. The molecule has 1 saturated heterocycles. The summed E-state index contributed by atoms with van der Waals surface area (Å²) in [5.41, 5.74) is 12.1. The third kappa shape index (κ3) is 3.32. The molecule has 2 rings (SSSR count). The predicted octanol–water partition coefficient (Wildman–Crippen LogP) is 1.30. The van der Waals surface area contributed by atoms with Gasteiger partial charge in [-0.05, 0) is 37.6 Å². The van der Waals surface area contributed by atoms with Gasteiger partial charge < -0.3 is 11.5 Å². The van der Waals surface area contributed by atoms with Crippen LogP contribution in [0, 0.1) is 5.82 Å². The Morgan fingerprint density at radius 3 is 2.80 bits per heavy atom. The molecule has 1 fully saturated rings. The van der Waals surface area contributed by atoms with Gasteiger partial charge in [0, 0.05) is 17.7 Å². The highest BCUT2D eigenvalue weighted by Gasteiger charge is 2.27. The van der Waals surface area contributed by atoms with Crippen LogP contribution < -0.4 is 11.5 Å². The molecular formula is C14H18FN3OS. The molecule has 6 heteroatoms. The quantitative estimate of drug-likeness (QED) is 0.821. The Morgan fingerprint density at radius 1 is 1.40 bits per heavy atom. The largest absolute Gasteiger partial charge is 0.389 e. The molecule has 0 bridgehead atoms. The van der Waals surface area contributed by atoms with Gasteiger partial charge in [0.2, 0.25) is 5.91 Å². The SMILES string of the molecule is NC(=O)C1CCCCN1Cc1cc(C(N)=S)ccc1F. The summed E-state index contributed by atoms with van der Waals surface area (Å²) in [5, 5.41) is 0. The van der Waals surface area contributed by atoms with Crippen LogP contribution in [0.25, 0.3) is 0 Å². The summed E-state index contributed by atoms with van der Waals surface area (Å²) >= 11 is 4.90. The Morgan fingerprint density at radius 2 is 2.15 bits per heavy atom. The third-order valence-corrected chi connectivity index (χ3v) is 3.88. The predicted molar refractivity (Wildman–Crippen MR) is 79.5 cm³/mol. The number of nitrogens with zero attached hydrogens (tertiary/aromatic N) is 1. The van der Waals surface area contributed by atoms with Gasteiger partial charge in [-0.3, -0.25) is 9.69 Å². The van der Waals surface area contributed by atoms with Crippen molar-refractivity contribution < 1.29 is 9.18 Å². The maximum absolute atomic E-state index is 13.9. The van der Waals surface area contributed by atoms with Gasteiger partial charge in [0.05, 0.1) is 6.04 Å². The summed E-state index contributed by atoms with van der Waals surface area (Å²) in [6.45, 7) is 1.08. The van der Waals surface area contributed by atoms with Crippen LogP contribution >= 0.6 is 12.2 Å². The summed E-state index contributed by atoms with van der Waals surface area (Å²) in [6, 6.07) is 4.23. The zero-order valence-electron chi connectivity index (χ0n) is 11.1. The molecule has 0 aromatic heterocycles. The minimum atomic E-state index is -0.351. The number of nitrogens with two attached hydrogens (primary N) is 2. The molecule has 0 saturated carbocycles. The first-order valence-electron chi connectivity index (χ1n) is 6.60. The van der Waals surface area contributed by atoms with Crippen LogP contribution in [0.3, 0.4) is 0 Å². The molecular weight excluding hydrogens is 277 g/mol. The number of hydrogen-bond acceptors (Lipinski definition) is 3. The van der Waals surface area contributed by atoms with Crippen molar-refractivity contribution in [3.8, 4) is 0 Å². The van der Waals surface area contributed by atoms with Crippen molar-refractivity contribution in [1.29, 1.82) is 0 Å². The number of thiocarbonyl (C=S) groups is 1. The molecule has 1 atom stereocenters. The number of piperidine rings is 1. The molecule has 108 valence electrons. The van der Waals surface area contributed by atoms with Crippen LogP contribution in [0.15, 0.2) is 18.2 Å². The van der Waals surface area contributed by atoms with Gasteiger partial charge in [-0.2, -0.15) is 0 Å². The second-order valence-corrected chi connectivity index (χ2v) is 5.49. The molecule has 0 radical (unpaired) electrons. The molecule has 4 N–H and O–H groups in total. The molecule has 0 aliphatic carbocycles. The molecule has 1 amide bonds. The van der Waals surface area contributed by atoms with Gasteiger partial charge in [-0.25, -0.2) is 4.39 Å². The minimum Gasteiger partial charge on any atom is -0.389 e. The lowest BCUT2D eigenvalue weighted by molar-refractivity contribution is -0.124. The summed E-state index contributed by atoms with van der Waals surface area (Å²) < 4.78 is 13.9. The Balaban J connectivity index is 2.21. The average molecular weight is 295 g/mol. The van der Waals surface area contributed by atoms with Crippen LogP contribution in [0.5, 0.6) is 0 Å². The van der Waals surface area contributed by atoms with Gasteiger partial charge in [-0.1, -0.05) is 18.6 Å². The first-order chi connectivity index (χ1) is 9.49. The van der Waals surface area contributed by atoms with Crippen molar-refractivity contribution in [3.63, 3.8) is 0 Å². The molecule has 4 nitrogen and oxygen atoms in total. The lowest BCUT2D eigenvalue weighted by atomic mass is 10.00. The van der Waals surface area contributed by atoms with E-state index in [1.165, 1.54) is 6.07 Å². The standard InChI is InChI=1S/C14H18FN3OS/c15-11-5-4-9(14(17)20)7-10(11)8-18-6-2-1-3-12(18)13(16)19/h4-5,7,12H,1-3,6,8H2,(H2,16,19)(H2,17,20). The topological polar surface area (TPSA) is 72.4 Å². The van der Waals surface area contributed by atoms with Crippen LogP contribution in [-0.4, -0.2) is 28.4 Å². The molecule has 1 aromatic rings. The number of benzene rings is 1. The van der Waals surface area contributed by atoms with E-state index in [1.807, 2.05) is 4.90 Å². The fourth-order valence-electron chi connectivity index (χ4n) is 2.57. The van der Waals surface area contributed by atoms with Crippen molar-refractivity contribution in [2.24, 2.45) is 11.5 Å². The van der Waals surface area contributed by atoms with E-state index in [0.29, 0.717) is 17.7 Å². The fraction of sp³-hybridized carbons (Fsp3) is 0.429. The fourth-order valence-corrected chi connectivity index (χ4v) is 2.70. The molecule has 20 heavy (non-hydrogen) atoms. The van der Waals surface area contributed by atoms with E-state index in [4.69, 9.17) is 23.7 Å². The van der Waals surface area contributed by atoms with Crippen LogP contribution in [-0.2, 0) is 11.3 Å². The summed E-state index contributed by atoms with van der Waals surface area (Å²) in [7, 11) is 0. The maximum Gasteiger partial charge on any atom is 0.234 e. The monoisotopic (exact) mass is 295 g/mol. The maximum atomic E-state index is 13.9. The van der Waals surface area contributed by atoms with Gasteiger partial charge in [0.25, 0.3) is 0 Å². The van der Waals surface area contributed by atoms with Gasteiger partial charge in [-0.15, -0.1) is 0 Å². The van der Waals surface area contributed by atoms with Gasteiger partial charge in [0.15, 0.2) is 0 Å². The Hall–Kier alpha value is -1.53. The Bertz CT molecular complexity index is 535. The average Bonchev–Trinajstić information content (AvgIpc) is 2.41. The van der Waals surface area contributed by atoms with E-state index in [2.05, 4.69) is 0 Å². The molecule has 0 spiro atoms. The number of rotatable bonds is 4. The molecule has 1 unspecified atom stereocenters. The zero-order valence-corrected chi connectivity index (χ0v) is 12.0. The summed E-state index contributed by atoms with van der Waals surface area (Å²) in [5.74, 6) is -0.672. The number of primary amides is 1. The molecule has 1 heterocycles. The van der Waals surface area contributed by atoms with Crippen molar-refractivity contribution >= 4 is 23.1 Å². The minimum absolute atomic E-state index is 0.233. The number of halogens is 1. The van der Waals surface area contributed by atoms with Crippen molar-refractivity contribution in [3.05, 3.63) is 35.1 Å². The van der Waals surface area contributed by atoms with E-state index < -0.39 is 0 Å².